The lowest BCUT2D eigenvalue weighted by Crippen LogP contribution is -2.30. The first-order chi connectivity index (χ1) is 4.57. The Morgan fingerprint density at radius 1 is 1.60 bits per heavy atom. The first kappa shape index (κ1) is 9.13. The lowest BCUT2D eigenvalue weighted by atomic mass is 10.2. The van der Waals surface area contributed by atoms with Crippen LogP contribution in [0.15, 0.2) is 12.2 Å². The summed E-state index contributed by atoms with van der Waals surface area (Å²) >= 11 is 4.97. The van der Waals surface area contributed by atoms with Gasteiger partial charge in [0.1, 0.15) is 0 Å². The predicted octanol–water partition coefficient (Wildman–Crippen LogP) is -0.312. The topological polar surface area (TPSA) is 72.2 Å². The number of hydrogen-bond donors (Lipinski definition) is 2. The van der Waals surface area contributed by atoms with Gasteiger partial charge in [-0.1, -0.05) is 6.58 Å². The smallest absolute Gasteiger partial charge is 0.248 e. The number of carbonyl (C=O) groups is 2. The molecule has 0 radical (unpaired) electrons. The molecule has 56 valence electrons. The summed E-state index contributed by atoms with van der Waals surface area (Å²) in [4.78, 5) is 20.7. The van der Waals surface area contributed by atoms with Crippen LogP contribution in [0.25, 0.3) is 0 Å². The van der Waals surface area contributed by atoms with E-state index in [0.29, 0.717) is 0 Å². The summed E-state index contributed by atoms with van der Waals surface area (Å²) in [5.41, 5.74) is 1.87. The molecule has 0 saturated carbocycles. The van der Waals surface area contributed by atoms with E-state index in [1.165, 1.54) is 0 Å². The van der Waals surface area contributed by atoms with Crippen molar-refractivity contribution in [3.63, 3.8) is 0 Å². The van der Waals surface area contributed by atoms with Crippen LogP contribution in [0.1, 0.15) is 6.42 Å². The van der Waals surface area contributed by atoms with Gasteiger partial charge in [0.15, 0.2) is 0 Å². The molecule has 0 aromatic heterocycles. The van der Waals surface area contributed by atoms with Crippen molar-refractivity contribution in [3.05, 3.63) is 12.2 Å². The van der Waals surface area contributed by atoms with Crippen molar-refractivity contribution >= 4 is 22.8 Å². The highest BCUT2D eigenvalue weighted by Crippen LogP contribution is 2.01. The molecule has 0 rings (SSSR count). The van der Waals surface area contributed by atoms with Gasteiger partial charge in [0.05, 0.1) is 6.42 Å². The number of hydrogen-bond acceptors (Lipinski definition) is 3. The number of amides is 1. The van der Waals surface area contributed by atoms with Gasteiger partial charge in [-0.25, -0.2) is 5.84 Å². The van der Waals surface area contributed by atoms with E-state index in [1.807, 2.05) is 5.43 Å². The quantitative estimate of drug-likeness (QED) is 0.197. The van der Waals surface area contributed by atoms with Gasteiger partial charge < -0.3 is 0 Å². The summed E-state index contributed by atoms with van der Waals surface area (Å²) in [6, 6.07) is 0. The van der Waals surface area contributed by atoms with Crippen molar-refractivity contribution in [2.45, 2.75) is 6.42 Å². The minimum Gasteiger partial charge on any atom is -0.294 e. The summed E-state index contributed by atoms with van der Waals surface area (Å²) in [5, 5.41) is -0.719. The number of carbonyl (C=O) groups excluding carboxylic acids is 2. The molecule has 0 spiro atoms. The third-order valence-corrected chi connectivity index (χ3v) is 1.08. The van der Waals surface area contributed by atoms with E-state index in [0.717, 1.165) is 0 Å². The Bertz CT molecular complexity index is 178. The Labute approximate surface area is 63.0 Å². The van der Waals surface area contributed by atoms with E-state index in [4.69, 9.17) is 17.4 Å². The highest BCUT2D eigenvalue weighted by molar-refractivity contribution is 6.67. The predicted molar refractivity (Wildman–Crippen MR) is 36.9 cm³/mol. The molecular weight excluding hydrogens is 156 g/mol. The standard InChI is InChI=1S/C5H7ClN2O2/c1-3(5(6)10)2-4(9)8-7/h1-2,7H2,(H,8,9). The molecule has 5 heteroatoms. The van der Waals surface area contributed by atoms with Gasteiger partial charge in [0, 0.05) is 5.57 Å². The third kappa shape index (κ3) is 3.21. The van der Waals surface area contributed by atoms with Crippen molar-refractivity contribution in [2.24, 2.45) is 5.84 Å². The molecule has 3 N–H and O–H groups in total. The SMILES string of the molecule is C=C(CC(=O)NN)C(=O)Cl. The molecule has 0 aliphatic carbocycles. The second-order valence-electron chi connectivity index (χ2n) is 1.62. The molecule has 0 fully saturated rings. The van der Waals surface area contributed by atoms with Gasteiger partial charge in [0.2, 0.25) is 11.1 Å². The zero-order valence-electron chi connectivity index (χ0n) is 5.19. The average molecular weight is 163 g/mol. The highest BCUT2D eigenvalue weighted by atomic mass is 35.5. The molecule has 0 heterocycles. The van der Waals surface area contributed by atoms with Gasteiger partial charge in [-0.3, -0.25) is 15.0 Å². The van der Waals surface area contributed by atoms with Gasteiger partial charge in [-0.2, -0.15) is 0 Å². The van der Waals surface area contributed by atoms with Crippen LogP contribution in [0.4, 0.5) is 0 Å². The fraction of sp³-hybridized carbons (Fsp3) is 0.200. The third-order valence-electron chi connectivity index (χ3n) is 0.813. The molecule has 1 amide bonds. The molecule has 0 aliphatic heterocycles. The first-order valence-corrected chi connectivity index (χ1v) is 2.82. The molecule has 0 unspecified atom stereocenters. The van der Waals surface area contributed by atoms with Crippen molar-refractivity contribution in [1.29, 1.82) is 0 Å². The molecule has 0 aliphatic rings. The zero-order chi connectivity index (χ0) is 8.15. The lowest BCUT2D eigenvalue weighted by Gasteiger charge is -1.96. The van der Waals surface area contributed by atoms with E-state index in [-0.39, 0.29) is 12.0 Å². The highest BCUT2D eigenvalue weighted by Gasteiger charge is 2.06. The van der Waals surface area contributed by atoms with Crippen molar-refractivity contribution < 1.29 is 9.59 Å². The Morgan fingerprint density at radius 3 is 2.40 bits per heavy atom. The largest absolute Gasteiger partial charge is 0.294 e. The molecule has 0 aromatic carbocycles. The maximum atomic E-state index is 10.4. The number of halogens is 1. The van der Waals surface area contributed by atoms with Crippen LogP contribution >= 0.6 is 11.6 Å². The lowest BCUT2D eigenvalue weighted by molar-refractivity contribution is -0.121. The minimum absolute atomic E-state index is 0.0321. The summed E-state index contributed by atoms with van der Waals surface area (Å²) in [5.74, 6) is 4.24. The number of nitrogens with two attached hydrogens (primary N) is 1. The van der Waals surface area contributed by atoms with Crippen LogP contribution in [0.3, 0.4) is 0 Å². The maximum Gasteiger partial charge on any atom is 0.248 e. The molecule has 0 saturated heterocycles. The van der Waals surface area contributed by atoms with Crippen LogP contribution in [-0.4, -0.2) is 11.1 Å². The van der Waals surface area contributed by atoms with Gasteiger partial charge in [-0.15, -0.1) is 0 Å². The zero-order valence-corrected chi connectivity index (χ0v) is 5.94. The summed E-state index contributed by atoms with van der Waals surface area (Å²) < 4.78 is 0. The fourth-order valence-corrected chi connectivity index (χ4v) is 0.381. The molecule has 0 aromatic rings. The Balaban J connectivity index is 3.80. The summed E-state index contributed by atoms with van der Waals surface area (Å²) in [7, 11) is 0. The Morgan fingerprint density at radius 2 is 2.10 bits per heavy atom. The van der Waals surface area contributed by atoms with Crippen LogP contribution in [0, 0.1) is 0 Å². The number of nitrogens with one attached hydrogen (secondary N) is 1. The van der Waals surface area contributed by atoms with Crippen LogP contribution < -0.4 is 11.3 Å². The van der Waals surface area contributed by atoms with Crippen LogP contribution in [0.2, 0.25) is 0 Å². The van der Waals surface area contributed by atoms with Gasteiger partial charge in [0.25, 0.3) is 0 Å². The second-order valence-corrected chi connectivity index (χ2v) is 1.96. The average Bonchev–Trinajstić information content (AvgIpc) is 1.87. The molecule has 4 nitrogen and oxygen atoms in total. The van der Waals surface area contributed by atoms with Gasteiger partial charge >= 0.3 is 0 Å². The summed E-state index contributed by atoms with van der Waals surface area (Å²) in [6.45, 7) is 3.24. The Kier molecular flexibility index (Phi) is 3.68. The van der Waals surface area contributed by atoms with E-state index in [9.17, 15) is 9.59 Å². The van der Waals surface area contributed by atoms with Crippen molar-refractivity contribution in [3.8, 4) is 0 Å². The van der Waals surface area contributed by atoms with Crippen molar-refractivity contribution in [1.82, 2.24) is 5.43 Å². The molecule has 0 bridgehead atoms. The summed E-state index contributed by atoms with van der Waals surface area (Å²) in [6.07, 6.45) is -0.154. The maximum absolute atomic E-state index is 10.4. The van der Waals surface area contributed by atoms with Gasteiger partial charge in [-0.05, 0) is 11.6 Å². The van der Waals surface area contributed by atoms with Crippen LogP contribution in [0.5, 0.6) is 0 Å². The fourth-order valence-electron chi connectivity index (χ4n) is 0.314. The number of hydrazine groups is 1. The van der Waals surface area contributed by atoms with E-state index in [2.05, 4.69) is 6.58 Å². The number of rotatable bonds is 3. The first-order valence-electron chi connectivity index (χ1n) is 2.45. The molecule has 0 atom stereocenters. The minimum atomic E-state index is -0.719. The van der Waals surface area contributed by atoms with E-state index >= 15 is 0 Å². The van der Waals surface area contributed by atoms with Crippen LogP contribution in [-0.2, 0) is 9.59 Å². The molecule has 10 heavy (non-hydrogen) atoms. The second kappa shape index (κ2) is 4.03. The Hall–Kier alpha value is -0.870. The van der Waals surface area contributed by atoms with E-state index < -0.39 is 11.1 Å². The van der Waals surface area contributed by atoms with E-state index in [1.54, 1.807) is 0 Å². The molecular formula is C5H7ClN2O2. The monoisotopic (exact) mass is 162 g/mol. The van der Waals surface area contributed by atoms with Crippen molar-refractivity contribution in [2.75, 3.05) is 0 Å². The normalized spacial score (nSPS) is 8.60.